The van der Waals surface area contributed by atoms with Gasteiger partial charge in [0.1, 0.15) is 5.82 Å². The predicted octanol–water partition coefficient (Wildman–Crippen LogP) is 2.10. The van der Waals surface area contributed by atoms with Crippen molar-refractivity contribution in [3.63, 3.8) is 0 Å². The molecule has 0 bridgehead atoms. The molecule has 0 atom stereocenters. The van der Waals surface area contributed by atoms with Crippen LogP contribution in [0.1, 0.15) is 11.5 Å². The van der Waals surface area contributed by atoms with Gasteiger partial charge < -0.3 is 4.42 Å². The fourth-order valence-electron chi connectivity index (χ4n) is 2.13. The topological polar surface area (TPSA) is 98.0 Å². The number of nitrogens with one attached hydrogen (secondary N) is 1. The van der Waals surface area contributed by atoms with Crippen LogP contribution in [0.3, 0.4) is 0 Å². The summed E-state index contributed by atoms with van der Waals surface area (Å²) in [7, 11) is -3.73. The Balaban J connectivity index is 1.63. The van der Waals surface area contributed by atoms with Gasteiger partial charge in [-0.1, -0.05) is 0 Å². The van der Waals surface area contributed by atoms with Crippen LogP contribution in [-0.4, -0.2) is 30.1 Å². The van der Waals surface area contributed by atoms with Gasteiger partial charge in [-0.15, -0.1) is 10.2 Å². The number of rotatable bonds is 6. The lowest BCUT2D eigenvalue weighted by atomic mass is 10.2. The predicted molar refractivity (Wildman–Crippen MR) is 87.6 cm³/mol. The van der Waals surface area contributed by atoms with Gasteiger partial charge in [0.25, 0.3) is 0 Å². The number of aryl methyl sites for hydroxylation is 1. The Kier molecular flexibility index (Phi) is 4.86. The Labute approximate surface area is 144 Å². The molecule has 2 heterocycles. The Hall–Kier alpha value is -2.65. The van der Waals surface area contributed by atoms with Crippen LogP contribution in [0.5, 0.6) is 0 Å². The summed E-state index contributed by atoms with van der Waals surface area (Å²) in [4.78, 5) is 3.91. The van der Waals surface area contributed by atoms with Gasteiger partial charge in [-0.05, 0) is 42.8 Å². The molecule has 9 heteroatoms. The fraction of sp³-hybridized carbons (Fsp3) is 0.188. The van der Waals surface area contributed by atoms with Crippen LogP contribution in [0.25, 0.3) is 11.5 Å². The van der Waals surface area contributed by atoms with Crippen LogP contribution in [0.15, 0.2) is 52.0 Å². The Bertz CT molecular complexity index is 974. The first-order valence-corrected chi connectivity index (χ1v) is 8.92. The van der Waals surface area contributed by atoms with Crippen molar-refractivity contribution < 1.29 is 17.2 Å². The molecule has 0 radical (unpaired) electrons. The highest BCUT2D eigenvalue weighted by Gasteiger charge is 2.16. The molecule has 0 amide bonds. The summed E-state index contributed by atoms with van der Waals surface area (Å²) in [6.45, 7) is 1.59. The maximum atomic E-state index is 13.3. The van der Waals surface area contributed by atoms with Gasteiger partial charge in [0.2, 0.25) is 21.8 Å². The second kappa shape index (κ2) is 7.08. The third kappa shape index (κ3) is 4.06. The van der Waals surface area contributed by atoms with E-state index < -0.39 is 15.8 Å². The monoisotopic (exact) mass is 362 g/mol. The van der Waals surface area contributed by atoms with Crippen molar-refractivity contribution in [1.29, 1.82) is 0 Å². The van der Waals surface area contributed by atoms with Crippen LogP contribution < -0.4 is 4.72 Å². The number of aromatic nitrogens is 3. The molecule has 130 valence electrons. The molecule has 2 aromatic heterocycles. The number of hydrogen-bond donors (Lipinski definition) is 1. The molecule has 0 aliphatic heterocycles. The van der Waals surface area contributed by atoms with Gasteiger partial charge in [-0.3, -0.25) is 4.98 Å². The summed E-state index contributed by atoms with van der Waals surface area (Å²) in [6, 6.07) is 7.10. The van der Waals surface area contributed by atoms with Gasteiger partial charge in [0, 0.05) is 30.9 Å². The maximum absolute atomic E-state index is 13.3. The zero-order valence-electron chi connectivity index (χ0n) is 13.3. The molecule has 0 aliphatic rings. The third-order valence-corrected chi connectivity index (χ3v) is 4.92. The first-order chi connectivity index (χ1) is 12.0. The zero-order chi connectivity index (χ0) is 17.9. The molecule has 25 heavy (non-hydrogen) atoms. The smallest absolute Gasteiger partial charge is 0.247 e. The minimum atomic E-state index is -3.73. The van der Waals surface area contributed by atoms with Crippen LogP contribution in [0.2, 0.25) is 0 Å². The molecule has 1 N–H and O–H groups in total. The van der Waals surface area contributed by atoms with Crippen molar-refractivity contribution in [2.24, 2.45) is 0 Å². The fourth-order valence-corrected chi connectivity index (χ4v) is 3.24. The van der Waals surface area contributed by atoms with E-state index in [1.807, 2.05) is 0 Å². The molecule has 3 rings (SSSR count). The molecule has 0 saturated heterocycles. The standard InChI is InChI=1S/C16H15FN4O3S/c1-11-10-13(2-3-14(11)17)25(22,23)19-9-6-15-20-21-16(24-15)12-4-7-18-8-5-12/h2-5,7-8,10,19H,6,9H2,1H3. The first-order valence-electron chi connectivity index (χ1n) is 7.44. The van der Waals surface area contributed by atoms with Gasteiger partial charge in [0.05, 0.1) is 4.90 Å². The molecular weight excluding hydrogens is 347 g/mol. The van der Waals surface area contributed by atoms with E-state index in [0.29, 0.717) is 11.8 Å². The van der Waals surface area contributed by atoms with Crippen molar-refractivity contribution in [2.75, 3.05) is 6.54 Å². The van der Waals surface area contributed by atoms with Crippen LogP contribution in [0, 0.1) is 12.7 Å². The average Bonchev–Trinajstić information content (AvgIpc) is 3.07. The average molecular weight is 362 g/mol. The number of sulfonamides is 1. The minimum absolute atomic E-state index is 0.00871. The number of halogens is 1. The Morgan fingerprint density at radius 3 is 2.64 bits per heavy atom. The molecule has 0 saturated carbocycles. The van der Waals surface area contributed by atoms with Crippen LogP contribution in [-0.2, 0) is 16.4 Å². The van der Waals surface area contributed by atoms with E-state index in [1.54, 1.807) is 24.5 Å². The normalized spacial score (nSPS) is 11.6. The summed E-state index contributed by atoms with van der Waals surface area (Å²) in [6.07, 6.45) is 3.45. The van der Waals surface area contributed by atoms with Gasteiger partial charge in [-0.2, -0.15) is 0 Å². The van der Waals surface area contributed by atoms with E-state index in [9.17, 15) is 12.8 Å². The van der Waals surface area contributed by atoms with Crippen molar-refractivity contribution in [3.8, 4) is 11.5 Å². The lowest BCUT2D eigenvalue weighted by Crippen LogP contribution is -2.26. The van der Waals surface area contributed by atoms with E-state index in [0.717, 1.165) is 11.6 Å². The SMILES string of the molecule is Cc1cc(S(=O)(=O)NCCc2nnc(-c3ccncc3)o2)ccc1F. The molecule has 1 aromatic carbocycles. The molecule has 0 fully saturated rings. The zero-order valence-corrected chi connectivity index (χ0v) is 14.1. The molecule has 0 aliphatic carbocycles. The van der Waals surface area contributed by atoms with E-state index in [-0.39, 0.29) is 23.4 Å². The second-order valence-corrected chi connectivity index (χ2v) is 7.06. The number of benzene rings is 1. The van der Waals surface area contributed by atoms with Crippen molar-refractivity contribution in [3.05, 3.63) is 60.0 Å². The van der Waals surface area contributed by atoms with Crippen molar-refractivity contribution >= 4 is 10.0 Å². The van der Waals surface area contributed by atoms with E-state index in [1.165, 1.54) is 19.1 Å². The number of nitrogens with zero attached hydrogens (tertiary/aromatic N) is 3. The third-order valence-electron chi connectivity index (χ3n) is 3.46. The van der Waals surface area contributed by atoms with Gasteiger partial charge >= 0.3 is 0 Å². The van der Waals surface area contributed by atoms with Crippen LogP contribution >= 0.6 is 0 Å². The lowest BCUT2D eigenvalue weighted by Gasteiger charge is -2.06. The minimum Gasteiger partial charge on any atom is -0.421 e. The Morgan fingerprint density at radius 2 is 1.92 bits per heavy atom. The molecule has 0 unspecified atom stereocenters. The highest BCUT2D eigenvalue weighted by Crippen LogP contribution is 2.17. The maximum Gasteiger partial charge on any atom is 0.247 e. The molecule has 0 spiro atoms. The number of pyridine rings is 1. The van der Waals surface area contributed by atoms with Gasteiger partial charge in [-0.25, -0.2) is 17.5 Å². The van der Waals surface area contributed by atoms with Crippen molar-refractivity contribution in [1.82, 2.24) is 19.9 Å². The highest BCUT2D eigenvalue weighted by molar-refractivity contribution is 7.89. The molecular formula is C16H15FN4O3S. The second-order valence-electron chi connectivity index (χ2n) is 5.30. The quantitative estimate of drug-likeness (QED) is 0.721. The summed E-state index contributed by atoms with van der Waals surface area (Å²) in [5.74, 6) is 0.202. The van der Waals surface area contributed by atoms with Crippen LogP contribution in [0.4, 0.5) is 4.39 Å². The van der Waals surface area contributed by atoms with E-state index >= 15 is 0 Å². The van der Waals surface area contributed by atoms with Crippen molar-refractivity contribution in [2.45, 2.75) is 18.2 Å². The summed E-state index contributed by atoms with van der Waals surface area (Å²) < 4.78 is 45.6. The number of hydrogen-bond acceptors (Lipinski definition) is 6. The van der Waals surface area contributed by atoms with E-state index in [4.69, 9.17) is 4.42 Å². The lowest BCUT2D eigenvalue weighted by molar-refractivity contribution is 0.502. The molecule has 7 nitrogen and oxygen atoms in total. The Morgan fingerprint density at radius 1 is 1.16 bits per heavy atom. The highest BCUT2D eigenvalue weighted by atomic mass is 32.2. The summed E-state index contributed by atoms with van der Waals surface area (Å²) in [5, 5.41) is 7.81. The summed E-state index contributed by atoms with van der Waals surface area (Å²) in [5.41, 5.74) is 0.998. The summed E-state index contributed by atoms with van der Waals surface area (Å²) >= 11 is 0. The van der Waals surface area contributed by atoms with E-state index in [2.05, 4.69) is 19.9 Å². The van der Waals surface area contributed by atoms with Gasteiger partial charge in [0.15, 0.2) is 0 Å². The largest absolute Gasteiger partial charge is 0.421 e. The first kappa shape index (κ1) is 17.2. The molecule has 3 aromatic rings.